The largest absolute Gasteiger partial charge is 0.497 e. The van der Waals surface area contributed by atoms with Crippen molar-refractivity contribution in [2.24, 2.45) is 0 Å². The average molecular weight is 298 g/mol. The maximum atomic E-state index is 10.5. The molecule has 5 nitrogen and oxygen atoms in total. The van der Waals surface area contributed by atoms with Crippen LogP contribution in [0.3, 0.4) is 0 Å². The molecule has 0 aliphatic heterocycles. The Bertz CT molecular complexity index is 782. The fourth-order valence-corrected chi connectivity index (χ4v) is 2.58. The van der Waals surface area contributed by atoms with E-state index in [1.54, 1.807) is 7.11 Å². The van der Waals surface area contributed by atoms with Crippen LogP contribution in [-0.4, -0.2) is 26.9 Å². The second-order valence-electron chi connectivity index (χ2n) is 5.08. The van der Waals surface area contributed by atoms with Gasteiger partial charge in [-0.1, -0.05) is 24.3 Å². The summed E-state index contributed by atoms with van der Waals surface area (Å²) in [4.78, 5) is 4.39. The number of methoxy groups -OCH3 is 1. The monoisotopic (exact) mass is 298 g/mol. The van der Waals surface area contributed by atoms with Crippen molar-refractivity contribution in [1.82, 2.24) is 9.55 Å². The molecule has 0 fully saturated rings. The number of ether oxygens (including phenoxy) is 1. The van der Waals surface area contributed by atoms with Gasteiger partial charge >= 0.3 is 0 Å². The third-order valence-corrected chi connectivity index (χ3v) is 3.71. The first-order chi connectivity index (χ1) is 10.7. The Morgan fingerprint density at radius 1 is 1.18 bits per heavy atom. The second-order valence-corrected chi connectivity index (χ2v) is 5.08. The first kappa shape index (κ1) is 14.6. The van der Waals surface area contributed by atoms with Crippen LogP contribution in [0.25, 0.3) is 11.0 Å². The lowest BCUT2D eigenvalue weighted by molar-refractivity contribution is 0.153. The third-order valence-electron chi connectivity index (χ3n) is 3.71. The zero-order chi connectivity index (χ0) is 15.5. The molecule has 1 aromatic heterocycles. The summed E-state index contributed by atoms with van der Waals surface area (Å²) in [5, 5.41) is 20.0. The fourth-order valence-electron chi connectivity index (χ4n) is 2.58. The summed E-state index contributed by atoms with van der Waals surface area (Å²) in [6.45, 7) is 0.156. The maximum Gasteiger partial charge on any atom is 0.135 e. The number of fused-ring (bicyclic) bond motifs is 1. The zero-order valence-corrected chi connectivity index (χ0v) is 12.3. The van der Waals surface area contributed by atoms with E-state index in [1.807, 2.05) is 53.1 Å². The van der Waals surface area contributed by atoms with Crippen LogP contribution in [0.5, 0.6) is 5.75 Å². The fraction of sp³-hybridized carbons (Fsp3) is 0.235. The highest BCUT2D eigenvalue weighted by atomic mass is 16.5. The molecular formula is C17H18N2O3. The van der Waals surface area contributed by atoms with Gasteiger partial charge in [0, 0.05) is 0 Å². The highest BCUT2D eigenvalue weighted by Crippen LogP contribution is 2.23. The van der Waals surface area contributed by atoms with E-state index >= 15 is 0 Å². The van der Waals surface area contributed by atoms with Crippen LogP contribution in [0.15, 0.2) is 48.5 Å². The van der Waals surface area contributed by atoms with Gasteiger partial charge in [-0.2, -0.15) is 0 Å². The Kier molecular flexibility index (Phi) is 4.09. The topological polar surface area (TPSA) is 67.5 Å². The highest BCUT2D eigenvalue weighted by molar-refractivity contribution is 5.75. The molecule has 3 rings (SSSR count). The highest BCUT2D eigenvalue weighted by Gasteiger charge is 2.15. The van der Waals surface area contributed by atoms with Gasteiger partial charge in [0.2, 0.25) is 0 Å². The molecule has 5 heteroatoms. The van der Waals surface area contributed by atoms with Crippen LogP contribution >= 0.6 is 0 Å². The number of hydrogen-bond donors (Lipinski definition) is 2. The summed E-state index contributed by atoms with van der Waals surface area (Å²) in [7, 11) is 1.60. The van der Waals surface area contributed by atoms with Gasteiger partial charge in [-0.15, -0.1) is 0 Å². The van der Waals surface area contributed by atoms with E-state index in [4.69, 9.17) is 4.74 Å². The van der Waals surface area contributed by atoms with Gasteiger partial charge in [0.05, 0.1) is 30.8 Å². The Labute approximate surface area is 128 Å². The predicted molar refractivity (Wildman–Crippen MR) is 83.6 cm³/mol. The van der Waals surface area contributed by atoms with Crippen LogP contribution in [0, 0.1) is 0 Å². The molecule has 1 unspecified atom stereocenters. The van der Waals surface area contributed by atoms with Crippen LogP contribution in [0.2, 0.25) is 0 Å². The number of benzene rings is 2. The number of rotatable bonds is 5. The van der Waals surface area contributed by atoms with E-state index in [9.17, 15) is 10.2 Å². The number of aliphatic hydroxyl groups is 2. The van der Waals surface area contributed by atoms with Crippen molar-refractivity contribution in [2.75, 3.05) is 7.11 Å². The van der Waals surface area contributed by atoms with E-state index in [0.29, 0.717) is 18.1 Å². The van der Waals surface area contributed by atoms with E-state index in [2.05, 4.69) is 4.98 Å². The summed E-state index contributed by atoms with van der Waals surface area (Å²) in [5.41, 5.74) is 2.47. The lowest BCUT2D eigenvalue weighted by Gasteiger charge is -2.15. The average Bonchev–Trinajstić information content (AvgIpc) is 2.93. The molecule has 3 aromatic rings. The SMILES string of the molecule is COc1cccc(C(O)Cn2c(CO)nc3ccccc32)c1. The minimum absolute atomic E-state index is 0.167. The lowest BCUT2D eigenvalue weighted by atomic mass is 10.1. The van der Waals surface area contributed by atoms with Crippen molar-refractivity contribution in [2.45, 2.75) is 19.3 Å². The summed E-state index contributed by atoms with van der Waals surface area (Å²) in [6, 6.07) is 15.0. The summed E-state index contributed by atoms with van der Waals surface area (Å²) in [5.74, 6) is 1.25. The summed E-state index contributed by atoms with van der Waals surface area (Å²) < 4.78 is 7.03. The van der Waals surface area contributed by atoms with Gasteiger partial charge in [-0.3, -0.25) is 0 Å². The van der Waals surface area contributed by atoms with Gasteiger partial charge in [0.25, 0.3) is 0 Å². The quantitative estimate of drug-likeness (QED) is 0.758. The van der Waals surface area contributed by atoms with Crippen molar-refractivity contribution < 1.29 is 14.9 Å². The van der Waals surface area contributed by atoms with Crippen molar-refractivity contribution in [3.63, 3.8) is 0 Å². The van der Waals surface area contributed by atoms with Crippen molar-refractivity contribution >= 4 is 11.0 Å². The van der Waals surface area contributed by atoms with Gasteiger partial charge in [0.1, 0.15) is 18.2 Å². The molecule has 2 aromatic carbocycles. The van der Waals surface area contributed by atoms with Gasteiger partial charge < -0.3 is 19.5 Å². The summed E-state index contributed by atoms with van der Waals surface area (Å²) in [6.07, 6.45) is -0.710. The first-order valence-corrected chi connectivity index (χ1v) is 7.10. The number of imidazole rings is 1. The molecule has 1 atom stereocenters. The van der Waals surface area contributed by atoms with E-state index in [1.165, 1.54) is 0 Å². The predicted octanol–water partition coefficient (Wildman–Crippen LogP) is 2.27. The molecule has 0 spiro atoms. The number of hydrogen-bond acceptors (Lipinski definition) is 4. The van der Waals surface area contributed by atoms with Crippen molar-refractivity contribution in [1.29, 1.82) is 0 Å². The number of nitrogens with zero attached hydrogens (tertiary/aromatic N) is 2. The smallest absolute Gasteiger partial charge is 0.135 e. The molecule has 114 valence electrons. The first-order valence-electron chi connectivity index (χ1n) is 7.10. The van der Waals surface area contributed by atoms with Crippen LogP contribution in [-0.2, 0) is 13.2 Å². The molecule has 22 heavy (non-hydrogen) atoms. The molecule has 2 N–H and O–H groups in total. The molecule has 0 aliphatic carbocycles. The molecule has 0 radical (unpaired) electrons. The zero-order valence-electron chi connectivity index (χ0n) is 12.3. The van der Waals surface area contributed by atoms with Crippen LogP contribution in [0.1, 0.15) is 17.5 Å². The molecule has 0 aliphatic rings. The van der Waals surface area contributed by atoms with Crippen LogP contribution in [0.4, 0.5) is 0 Å². The molecule has 0 saturated heterocycles. The Hall–Kier alpha value is -2.37. The van der Waals surface area contributed by atoms with E-state index in [0.717, 1.165) is 16.6 Å². The van der Waals surface area contributed by atoms with E-state index in [-0.39, 0.29) is 6.61 Å². The second kappa shape index (κ2) is 6.17. The number of aromatic nitrogens is 2. The van der Waals surface area contributed by atoms with Gasteiger partial charge in [-0.25, -0.2) is 4.98 Å². The summed E-state index contributed by atoms with van der Waals surface area (Å²) >= 11 is 0. The number of aliphatic hydroxyl groups excluding tert-OH is 2. The molecule has 1 heterocycles. The standard InChI is InChI=1S/C17H18N2O3/c1-22-13-6-4-5-12(9-13)16(21)10-19-15-8-3-2-7-14(15)18-17(19)11-20/h2-9,16,20-21H,10-11H2,1H3. The molecule has 0 bridgehead atoms. The Balaban J connectivity index is 1.94. The lowest BCUT2D eigenvalue weighted by Crippen LogP contribution is -2.11. The molecular weight excluding hydrogens is 280 g/mol. The Morgan fingerprint density at radius 2 is 2.00 bits per heavy atom. The van der Waals surface area contributed by atoms with Gasteiger partial charge in [0.15, 0.2) is 0 Å². The van der Waals surface area contributed by atoms with Gasteiger partial charge in [-0.05, 0) is 29.8 Å². The number of para-hydroxylation sites is 2. The van der Waals surface area contributed by atoms with Crippen molar-refractivity contribution in [3.8, 4) is 5.75 Å². The minimum Gasteiger partial charge on any atom is -0.497 e. The Morgan fingerprint density at radius 3 is 2.77 bits per heavy atom. The molecule has 0 saturated carbocycles. The van der Waals surface area contributed by atoms with Crippen molar-refractivity contribution in [3.05, 3.63) is 59.9 Å². The third kappa shape index (κ3) is 2.68. The van der Waals surface area contributed by atoms with Crippen LogP contribution < -0.4 is 4.74 Å². The minimum atomic E-state index is -0.710. The normalized spacial score (nSPS) is 12.5. The molecule has 0 amide bonds. The van der Waals surface area contributed by atoms with E-state index < -0.39 is 6.10 Å². The maximum absolute atomic E-state index is 10.5.